The smallest absolute Gasteiger partial charge is 0.306 e. The summed E-state index contributed by atoms with van der Waals surface area (Å²) in [5, 5.41) is 5.52. The number of Topliss-reactive ketones (excluding diaryl/α,β-unsaturated/α-hetero) is 1. The lowest BCUT2D eigenvalue weighted by atomic mass is 9.77. The number of fused-ring (bicyclic) bond motifs is 1. The molecule has 0 radical (unpaired) electrons. The van der Waals surface area contributed by atoms with Crippen LogP contribution in [0.5, 0.6) is 11.5 Å². The maximum absolute atomic E-state index is 14.9. The largest absolute Gasteiger partial charge is 0.497 e. The van der Waals surface area contributed by atoms with Crippen LogP contribution in [-0.2, 0) is 23.7 Å². The third-order valence-electron chi connectivity index (χ3n) is 12.5. The molecule has 14 heteroatoms. The fraction of sp³-hybridized carbons (Fsp3) is 0.490. The number of nitrogens with zero attached hydrogens (tertiary/aromatic N) is 3. The maximum atomic E-state index is 14.9. The Kier molecular flexibility index (Phi) is 13.9. The number of esters is 1. The van der Waals surface area contributed by atoms with Gasteiger partial charge in [0.25, 0.3) is 7.37 Å². The second kappa shape index (κ2) is 19.0. The van der Waals surface area contributed by atoms with Crippen LogP contribution in [0.25, 0.3) is 22.3 Å². The molecule has 2 aliphatic carbocycles. The molecule has 334 valence electrons. The molecule has 2 unspecified atom stereocenters. The van der Waals surface area contributed by atoms with Crippen LogP contribution in [0.15, 0.2) is 72.6 Å². The molecule has 3 aliphatic rings. The first kappa shape index (κ1) is 46.0. The molecule has 63 heavy (non-hydrogen) atoms. The van der Waals surface area contributed by atoms with E-state index in [4.69, 9.17) is 24.2 Å². The van der Waals surface area contributed by atoms with Crippen LogP contribution in [-0.4, -0.2) is 80.5 Å². The zero-order valence-corrected chi connectivity index (χ0v) is 38.8. The topological polar surface area (TPSA) is 157 Å². The number of benzene rings is 2. The van der Waals surface area contributed by atoms with Gasteiger partial charge in [-0.3, -0.25) is 18.9 Å². The minimum atomic E-state index is -4.18. The molecule has 3 fully saturated rings. The van der Waals surface area contributed by atoms with Crippen LogP contribution < -0.4 is 14.8 Å². The number of likely N-dealkylation sites (tertiary alicyclic amines) is 1. The van der Waals surface area contributed by atoms with E-state index >= 15 is 0 Å². The number of amides is 1. The molecule has 6 atom stereocenters. The molecule has 12 nitrogen and oxygen atoms in total. The van der Waals surface area contributed by atoms with Gasteiger partial charge in [0.1, 0.15) is 35.2 Å². The predicted molar refractivity (Wildman–Crippen MR) is 247 cm³/mol. The summed E-state index contributed by atoms with van der Waals surface area (Å²) in [4.78, 5) is 65.5. The lowest BCUT2D eigenvalue weighted by molar-refractivity contribution is -0.156. The number of ether oxygens (including phenoxy) is 3. The van der Waals surface area contributed by atoms with Crippen LogP contribution in [0.4, 0.5) is 5.13 Å². The minimum Gasteiger partial charge on any atom is -0.497 e. The number of ketones is 1. The number of thiazole rings is 1. The first-order chi connectivity index (χ1) is 30.0. The van der Waals surface area contributed by atoms with Crippen LogP contribution >= 0.6 is 18.7 Å². The van der Waals surface area contributed by atoms with Crippen molar-refractivity contribution in [2.45, 2.75) is 122 Å². The summed E-state index contributed by atoms with van der Waals surface area (Å²) in [7, 11) is -2.58. The maximum Gasteiger partial charge on any atom is 0.306 e. The second-order valence-electron chi connectivity index (χ2n) is 18.6. The monoisotopic (exact) mass is 894 g/mol. The Morgan fingerprint density at radius 1 is 1.08 bits per heavy atom. The summed E-state index contributed by atoms with van der Waals surface area (Å²) in [6.07, 6.45) is 4.84. The van der Waals surface area contributed by atoms with Crippen LogP contribution in [0.1, 0.15) is 98.0 Å². The van der Waals surface area contributed by atoms with Crippen molar-refractivity contribution >= 4 is 52.4 Å². The van der Waals surface area contributed by atoms with Crippen molar-refractivity contribution < 1.29 is 38.1 Å². The molecule has 1 saturated heterocycles. The highest BCUT2D eigenvalue weighted by molar-refractivity contribution is 7.65. The molecule has 2 aromatic heterocycles. The van der Waals surface area contributed by atoms with Crippen molar-refractivity contribution in [3.8, 4) is 34.5 Å². The minimum absolute atomic E-state index is 0.0727. The number of aromatic nitrogens is 2. The Hall–Kier alpha value is -5.02. The highest BCUT2D eigenvalue weighted by Gasteiger charge is 2.64. The number of anilines is 1. The molecule has 2 saturated carbocycles. The van der Waals surface area contributed by atoms with Crippen LogP contribution in [0.2, 0.25) is 0 Å². The van der Waals surface area contributed by atoms with Crippen molar-refractivity contribution in [3.05, 3.63) is 78.2 Å². The van der Waals surface area contributed by atoms with Crippen molar-refractivity contribution in [2.75, 3.05) is 19.0 Å². The number of hydrogen-bond donors (Lipinski definition) is 2. The van der Waals surface area contributed by atoms with Crippen molar-refractivity contribution in [1.82, 2.24) is 14.9 Å². The van der Waals surface area contributed by atoms with Crippen LogP contribution in [0, 0.1) is 28.8 Å². The summed E-state index contributed by atoms with van der Waals surface area (Å²) < 4.78 is 32.3. The van der Waals surface area contributed by atoms with E-state index in [-0.39, 0.29) is 55.6 Å². The Labute approximate surface area is 374 Å². The summed E-state index contributed by atoms with van der Waals surface area (Å²) in [5.74, 6) is 1.97. The Morgan fingerprint density at radius 3 is 2.49 bits per heavy atom. The van der Waals surface area contributed by atoms with E-state index in [1.54, 1.807) is 42.4 Å². The first-order valence-corrected chi connectivity index (χ1v) is 24.5. The van der Waals surface area contributed by atoms with Gasteiger partial charge in [0, 0.05) is 59.8 Å². The van der Waals surface area contributed by atoms with Crippen molar-refractivity contribution in [2.24, 2.45) is 17.3 Å². The number of pyridine rings is 1. The third-order valence-corrected chi connectivity index (χ3v) is 15.6. The van der Waals surface area contributed by atoms with E-state index in [1.807, 2.05) is 70.3 Å². The normalized spacial score (nSPS) is 22.5. The van der Waals surface area contributed by atoms with E-state index in [1.165, 1.54) is 11.3 Å². The van der Waals surface area contributed by atoms with Gasteiger partial charge in [0.05, 0.1) is 42.4 Å². The summed E-state index contributed by atoms with van der Waals surface area (Å²) >= 11 is 1.48. The highest BCUT2D eigenvalue weighted by atomic mass is 32.1. The van der Waals surface area contributed by atoms with Gasteiger partial charge in [0.15, 0.2) is 5.13 Å². The van der Waals surface area contributed by atoms with E-state index in [0.717, 1.165) is 36.2 Å². The zero-order chi connectivity index (χ0) is 45.1. The molecule has 4 aromatic rings. The molecule has 0 spiro atoms. The molecule has 0 bridgehead atoms. The summed E-state index contributed by atoms with van der Waals surface area (Å²) in [6, 6.07) is 16.0. The van der Waals surface area contributed by atoms with Gasteiger partial charge in [-0.1, -0.05) is 51.0 Å². The number of hydrogen-bond acceptors (Lipinski definition) is 11. The van der Waals surface area contributed by atoms with E-state index in [9.17, 15) is 23.8 Å². The average Bonchev–Trinajstić information content (AvgIpc) is 3.61. The fourth-order valence-electron chi connectivity index (χ4n) is 8.94. The lowest BCUT2D eigenvalue weighted by Crippen LogP contribution is -2.46. The van der Waals surface area contributed by atoms with Gasteiger partial charge in [0.2, 0.25) is 5.91 Å². The molecule has 1 aliphatic heterocycles. The van der Waals surface area contributed by atoms with E-state index in [0.29, 0.717) is 46.8 Å². The molecule has 2 aromatic carbocycles. The van der Waals surface area contributed by atoms with Gasteiger partial charge in [-0.15, -0.1) is 17.9 Å². The third kappa shape index (κ3) is 10.7. The number of rotatable bonds is 16. The van der Waals surface area contributed by atoms with Crippen molar-refractivity contribution in [1.29, 1.82) is 0 Å². The Bertz CT molecular complexity index is 2450. The quantitative estimate of drug-likeness (QED) is 0.0478. The lowest BCUT2D eigenvalue weighted by Gasteiger charge is -2.35. The predicted octanol–water partition coefficient (Wildman–Crippen LogP) is 9.65. The number of methoxy groups -OCH3 is 1. The SMILES string of the molecule is C=C[C@@H]1C[C@]1(CC(=O)CC1C[C@@H](Oc2cc(-c3csc(NC(C)C)n3)nc3cc(OC)ccc23)CN1C(=O)[C@@H](CC(=O)OC1CCCC1)C(C)(C)C)P(=O)(O)C#Cc1ccccc1. The van der Waals surface area contributed by atoms with Gasteiger partial charge in [-0.05, 0) is 87.2 Å². The summed E-state index contributed by atoms with van der Waals surface area (Å²) in [6.45, 7) is 13.9. The van der Waals surface area contributed by atoms with Gasteiger partial charge in [-0.2, -0.15) is 0 Å². The van der Waals surface area contributed by atoms with E-state index < -0.39 is 42.0 Å². The number of allylic oxidation sites excluding steroid dienone is 1. The standard InChI is InChI=1S/C49H59N4O8PS/c1-8-33-27-49(33,62(57,58)21-20-32-14-10-9-11-15-32)28-35(54)22-34-23-38(29-53(34)46(56)40(48(4,5)6)25-45(55)61-36-16-12-13-17-36)60-44-26-42(43-30-63-47(52-43)50-31(2)3)51-41-24-37(59-7)18-19-39(41)44/h8-11,14-15,18-19,24,26,30-31,33-34,36,38,40H,1,12-13,16-17,22-23,25,27-29H2,2-7H3,(H,50,52)(H,57,58)/t33-,34?,38-,40-,49-/m1/s1. The van der Waals surface area contributed by atoms with Crippen LogP contribution in [0.3, 0.4) is 0 Å². The average molecular weight is 895 g/mol. The molecule has 7 rings (SSSR count). The first-order valence-electron chi connectivity index (χ1n) is 21.9. The Balaban J connectivity index is 1.19. The second-order valence-corrected chi connectivity index (χ2v) is 21.7. The molecule has 2 N–H and O–H groups in total. The molecular weight excluding hydrogens is 836 g/mol. The number of nitrogens with one attached hydrogen (secondary N) is 1. The molecular formula is C49H59N4O8PS. The number of carbonyl (C=O) groups excluding carboxylic acids is 3. The van der Waals surface area contributed by atoms with Gasteiger partial charge < -0.3 is 29.3 Å². The molecule has 3 heterocycles. The number of carbonyl (C=O) groups is 3. The van der Waals surface area contributed by atoms with Gasteiger partial charge >= 0.3 is 5.97 Å². The van der Waals surface area contributed by atoms with E-state index in [2.05, 4.69) is 23.5 Å². The van der Waals surface area contributed by atoms with Gasteiger partial charge in [-0.25, -0.2) is 9.97 Å². The Morgan fingerprint density at radius 2 is 1.83 bits per heavy atom. The summed E-state index contributed by atoms with van der Waals surface area (Å²) in [5.41, 5.74) is 4.52. The highest BCUT2D eigenvalue weighted by Crippen LogP contribution is 2.72. The molecule has 1 amide bonds. The van der Waals surface area contributed by atoms with Crippen molar-refractivity contribution in [3.63, 3.8) is 0 Å². The fourth-order valence-corrected chi connectivity index (χ4v) is 11.7. The zero-order valence-electron chi connectivity index (χ0n) is 37.1.